The lowest BCUT2D eigenvalue weighted by Gasteiger charge is -2.21. The highest BCUT2D eigenvalue weighted by Crippen LogP contribution is 2.20. The number of hydrogen-bond donors (Lipinski definition) is 1. The highest BCUT2D eigenvalue weighted by Gasteiger charge is 2.13. The van der Waals surface area contributed by atoms with Gasteiger partial charge in [-0.05, 0) is 64.0 Å². The topological polar surface area (TPSA) is 76.1 Å². The Bertz CT molecular complexity index is 671. The van der Waals surface area contributed by atoms with Crippen molar-refractivity contribution in [3.05, 3.63) is 0 Å². The monoisotopic (exact) mass is 696 g/mol. The first-order chi connectivity index (χ1) is 24.1. The summed E-state index contributed by atoms with van der Waals surface area (Å²) in [6.07, 6.45) is 36.4. The molecule has 0 unspecified atom stereocenters. The van der Waals surface area contributed by atoms with Gasteiger partial charge in [0.1, 0.15) is 0 Å². The largest absolute Gasteiger partial charge is 0.466 e. The van der Waals surface area contributed by atoms with E-state index in [0.717, 1.165) is 64.5 Å². The zero-order valence-corrected chi connectivity index (χ0v) is 33.3. The number of carbonyl (C=O) groups excluding carboxylic acids is 2. The van der Waals surface area contributed by atoms with E-state index in [1.807, 2.05) is 0 Å². The molecule has 0 aromatic rings. The summed E-state index contributed by atoms with van der Waals surface area (Å²) in [5, 5.41) is 9.53. The summed E-state index contributed by atoms with van der Waals surface area (Å²) in [6.45, 7) is 10.7. The van der Waals surface area contributed by atoms with Gasteiger partial charge in [-0.15, -0.1) is 0 Å². The molecule has 0 saturated heterocycles. The third-order valence-electron chi connectivity index (χ3n) is 10.0. The van der Waals surface area contributed by atoms with Gasteiger partial charge in [0.25, 0.3) is 0 Å². The molecule has 0 aliphatic heterocycles. The molecule has 0 aromatic heterocycles. The molecule has 0 fully saturated rings. The minimum absolute atomic E-state index is 0.0326. The first kappa shape index (κ1) is 47.9. The van der Waals surface area contributed by atoms with Crippen LogP contribution in [0.25, 0.3) is 0 Å². The van der Waals surface area contributed by atoms with E-state index in [0.29, 0.717) is 38.5 Å². The molecule has 49 heavy (non-hydrogen) atoms. The second-order valence-electron chi connectivity index (χ2n) is 14.9. The van der Waals surface area contributed by atoms with E-state index < -0.39 is 0 Å². The molecule has 0 rings (SSSR count). The summed E-state index contributed by atoms with van der Waals surface area (Å²) in [5.74, 6) is 0.426. The average molecular weight is 696 g/mol. The van der Waals surface area contributed by atoms with Gasteiger partial charge in [-0.3, -0.25) is 9.59 Å². The molecule has 0 heterocycles. The normalized spacial score (nSPS) is 11.6. The predicted octanol–water partition coefficient (Wildman–Crippen LogP) is 12.1. The van der Waals surface area contributed by atoms with Crippen LogP contribution >= 0.6 is 0 Å². The SMILES string of the molecule is CCCCCCCCCCCOC(=O)CCCCCN(CCO)CCCCCC(=O)OCC(CCCCCCCC)CCCCCCCC. The Morgan fingerprint density at radius 3 is 1.31 bits per heavy atom. The van der Waals surface area contributed by atoms with Crippen molar-refractivity contribution in [1.29, 1.82) is 0 Å². The van der Waals surface area contributed by atoms with Crippen LogP contribution in [0.3, 0.4) is 0 Å². The number of ether oxygens (including phenoxy) is 2. The average Bonchev–Trinajstić information content (AvgIpc) is 3.10. The van der Waals surface area contributed by atoms with Crippen molar-refractivity contribution in [3.63, 3.8) is 0 Å². The van der Waals surface area contributed by atoms with Crippen LogP contribution in [0, 0.1) is 5.92 Å². The first-order valence-corrected chi connectivity index (χ1v) is 21.7. The second kappa shape index (κ2) is 39.6. The van der Waals surface area contributed by atoms with E-state index in [9.17, 15) is 14.7 Å². The number of hydrogen-bond acceptors (Lipinski definition) is 6. The molecule has 0 aromatic carbocycles. The zero-order chi connectivity index (χ0) is 35.9. The van der Waals surface area contributed by atoms with Gasteiger partial charge in [0.05, 0.1) is 19.8 Å². The summed E-state index contributed by atoms with van der Waals surface area (Å²) in [6, 6.07) is 0. The fourth-order valence-electron chi connectivity index (χ4n) is 6.73. The Morgan fingerprint density at radius 2 is 0.857 bits per heavy atom. The Kier molecular flexibility index (Phi) is 38.7. The van der Waals surface area contributed by atoms with Crippen LogP contribution in [0.5, 0.6) is 0 Å². The van der Waals surface area contributed by atoms with Crippen LogP contribution in [0.1, 0.15) is 220 Å². The van der Waals surface area contributed by atoms with E-state index in [2.05, 4.69) is 25.7 Å². The summed E-state index contributed by atoms with van der Waals surface area (Å²) in [7, 11) is 0. The summed E-state index contributed by atoms with van der Waals surface area (Å²) in [5.41, 5.74) is 0. The summed E-state index contributed by atoms with van der Waals surface area (Å²) < 4.78 is 11.2. The molecule has 0 aliphatic rings. The Balaban J connectivity index is 4.00. The molecule has 6 nitrogen and oxygen atoms in total. The number of rotatable bonds is 40. The first-order valence-electron chi connectivity index (χ1n) is 21.7. The molecule has 292 valence electrons. The number of esters is 2. The molecule has 0 saturated carbocycles. The highest BCUT2D eigenvalue weighted by molar-refractivity contribution is 5.69. The van der Waals surface area contributed by atoms with E-state index >= 15 is 0 Å². The van der Waals surface area contributed by atoms with Crippen LogP contribution < -0.4 is 0 Å². The molecule has 0 aliphatic carbocycles. The lowest BCUT2D eigenvalue weighted by Crippen LogP contribution is -2.29. The van der Waals surface area contributed by atoms with Crippen molar-refractivity contribution in [3.8, 4) is 0 Å². The quantitative estimate of drug-likeness (QED) is 0.0508. The molecule has 0 atom stereocenters. The smallest absolute Gasteiger partial charge is 0.305 e. The number of aliphatic hydroxyl groups excluding tert-OH is 1. The van der Waals surface area contributed by atoms with Gasteiger partial charge in [0, 0.05) is 19.4 Å². The Morgan fingerprint density at radius 1 is 0.469 bits per heavy atom. The molecule has 0 bridgehead atoms. The number of aliphatic hydroxyl groups is 1. The van der Waals surface area contributed by atoms with Gasteiger partial charge in [-0.25, -0.2) is 0 Å². The fourth-order valence-corrected chi connectivity index (χ4v) is 6.73. The fraction of sp³-hybridized carbons (Fsp3) is 0.953. The zero-order valence-electron chi connectivity index (χ0n) is 33.3. The molecule has 6 heteroatoms. The van der Waals surface area contributed by atoms with Crippen LogP contribution in [0.15, 0.2) is 0 Å². The maximum Gasteiger partial charge on any atom is 0.305 e. The molecule has 1 N–H and O–H groups in total. The Labute approximate surface area is 305 Å². The predicted molar refractivity (Wildman–Crippen MR) is 209 cm³/mol. The maximum atomic E-state index is 12.5. The van der Waals surface area contributed by atoms with Gasteiger partial charge in [0.2, 0.25) is 0 Å². The van der Waals surface area contributed by atoms with Crippen molar-refractivity contribution < 1.29 is 24.2 Å². The lowest BCUT2D eigenvalue weighted by atomic mass is 9.94. The minimum atomic E-state index is -0.0589. The molecular formula is C43H85NO5. The highest BCUT2D eigenvalue weighted by atomic mass is 16.5. The van der Waals surface area contributed by atoms with Crippen LogP contribution in [0.4, 0.5) is 0 Å². The number of unbranched alkanes of at least 4 members (excludes halogenated alkanes) is 22. The maximum absolute atomic E-state index is 12.5. The van der Waals surface area contributed by atoms with Crippen molar-refractivity contribution in [1.82, 2.24) is 4.90 Å². The van der Waals surface area contributed by atoms with E-state index in [1.54, 1.807) is 0 Å². The second-order valence-corrected chi connectivity index (χ2v) is 14.9. The summed E-state index contributed by atoms with van der Waals surface area (Å²) >= 11 is 0. The van der Waals surface area contributed by atoms with Crippen LogP contribution in [0.2, 0.25) is 0 Å². The lowest BCUT2D eigenvalue weighted by molar-refractivity contribution is -0.145. The van der Waals surface area contributed by atoms with Gasteiger partial charge < -0.3 is 19.5 Å². The van der Waals surface area contributed by atoms with Gasteiger partial charge in [0.15, 0.2) is 0 Å². The third kappa shape index (κ3) is 36.5. The molecular weight excluding hydrogens is 610 g/mol. The van der Waals surface area contributed by atoms with Crippen molar-refractivity contribution >= 4 is 11.9 Å². The molecule has 0 spiro atoms. The number of carbonyl (C=O) groups is 2. The molecule has 0 amide bonds. The standard InChI is InChI=1S/C43H85NO5/c1-4-7-10-13-16-17-18-21-30-39-48-42(46)33-26-22-28-35-44(37-38-45)36-29-23-27-34-43(47)49-40-41(31-24-19-14-11-8-5-2)32-25-20-15-12-9-6-3/h41,45H,4-40H2,1-3H3. The van der Waals surface area contributed by atoms with Crippen molar-refractivity contribution in [2.75, 3.05) is 39.5 Å². The summed E-state index contributed by atoms with van der Waals surface area (Å²) in [4.78, 5) is 26.9. The van der Waals surface area contributed by atoms with Gasteiger partial charge in [-0.1, -0.05) is 162 Å². The molecule has 0 radical (unpaired) electrons. The van der Waals surface area contributed by atoms with Crippen molar-refractivity contribution in [2.45, 2.75) is 220 Å². The third-order valence-corrected chi connectivity index (χ3v) is 10.0. The van der Waals surface area contributed by atoms with E-state index in [-0.39, 0.29) is 18.5 Å². The Hall–Kier alpha value is -1.14. The van der Waals surface area contributed by atoms with Crippen LogP contribution in [-0.2, 0) is 19.1 Å². The number of nitrogens with zero attached hydrogens (tertiary/aromatic N) is 1. The minimum Gasteiger partial charge on any atom is -0.466 e. The van der Waals surface area contributed by atoms with E-state index in [4.69, 9.17) is 9.47 Å². The van der Waals surface area contributed by atoms with Crippen LogP contribution in [-0.4, -0.2) is 61.4 Å². The van der Waals surface area contributed by atoms with Gasteiger partial charge in [-0.2, -0.15) is 0 Å². The van der Waals surface area contributed by atoms with Gasteiger partial charge >= 0.3 is 11.9 Å². The van der Waals surface area contributed by atoms with E-state index in [1.165, 1.54) is 135 Å². The van der Waals surface area contributed by atoms with Crippen molar-refractivity contribution in [2.24, 2.45) is 5.92 Å².